The molecule has 0 aliphatic rings. The molecule has 0 saturated heterocycles. The second-order valence-corrected chi connectivity index (χ2v) is 5.05. The number of hydrogen-bond acceptors (Lipinski definition) is 3. The van der Waals surface area contributed by atoms with Gasteiger partial charge in [0.2, 0.25) is 0 Å². The van der Waals surface area contributed by atoms with Gasteiger partial charge in [-0.1, -0.05) is 12.1 Å². The van der Waals surface area contributed by atoms with Crippen LogP contribution in [-0.4, -0.2) is 7.11 Å². The van der Waals surface area contributed by atoms with Gasteiger partial charge in [0.25, 0.3) is 0 Å². The highest BCUT2D eigenvalue weighted by Crippen LogP contribution is 2.32. The van der Waals surface area contributed by atoms with E-state index in [1.54, 1.807) is 6.07 Å². The molecule has 21 heavy (non-hydrogen) atoms. The molecule has 0 aliphatic heterocycles. The van der Waals surface area contributed by atoms with E-state index in [1.807, 2.05) is 0 Å². The van der Waals surface area contributed by atoms with Gasteiger partial charge >= 0.3 is 0 Å². The molecule has 0 heterocycles. The number of nitrogens with two attached hydrogens (primary N) is 1. The van der Waals surface area contributed by atoms with Gasteiger partial charge in [-0.05, 0) is 45.3 Å². The van der Waals surface area contributed by atoms with Crippen LogP contribution in [0.2, 0.25) is 0 Å². The monoisotopic (exact) mass is 360 g/mol. The van der Waals surface area contributed by atoms with Crippen LogP contribution in [0.25, 0.3) is 0 Å². The maximum atomic E-state index is 13.8. The largest absolute Gasteiger partial charge is 0.494 e. The van der Waals surface area contributed by atoms with E-state index in [-0.39, 0.29) is 10.2 Å². The summed E-state index contributed by atoms with van der Waals surface area (Å²) in [7, 11) is 1.35. The predicted molar refractivity (Wildman–Crippen MR) is 76.2 cm³/mol. The average Bonchev–Trinajstić information content (AvgIpc) is 2.48. The van der Waals surface area contributed by atoms with Crippen LogP contribution in [0.3, 0.4) is 0 Å². The maximum absolute atomic E-state index is 13.8. The first-order valence-corrected chi connectivity index (χ1v) is 6.71. The number of benzene rings is 2. The fourth-order valence-electron chi connectivity index (χ4n) is 1.99. The van der Waals surface area contributed by atoms with Crippen LogP contribution in [0.5, 0.6) is 5.75 Å². The van der Waals surface area contributed by atoms with Crippen LogP contribution in [0.1, 0.15) is 17.2 Å². The van der Waals surface area contributed by atoms with Crippen molar-refractivity contribution >= 4 is 15.9 Å². The van der Waals surface area contributed by atoms with E-state index >= 15 is 0 Å². The number of halogens is 4. The van der Waals surface area contributed by atoms with Crippen LogP contribution >= 0.6 is 15.9 Å². The molecular formula is C14H12BrF3N2O. The summed E-state index contributed by atoms with van der Waals surface area (Å²) in [5.74, 6) is 2.97. The molecular weight excluding hydrogens is 349 g/mol. The Morgan fingerprint density at radius 2 is 1.86 bits per heavy atom. The minimum absolute atomic E-state index is 0.0679. The summed E-state index contributed by atoms with van der Waals surface area (Å²) in [6, 6.07) is 5.88. The average molecular weight is 361 g/mol. The van der Waals surface area contributed by atoms with Crippen LogP contribution in [0.15, 0.2) is 34.8 Å². The molecule has 0 radical (unpaired) electrons. The summed E-state index contributed by atoms with van der Waals surface area (Å²) in [6.45, 7) is 0. The third-order valence-electron chi connectivity index (χ3n) is 3.05. The molecule has 2 aromatic rings. The van der Waals surface area contributed by atoms with E-state index in [0.29, 0.717) is 11.1 Å². The summed E-state index contributed by atoms with van der Waals surface area (Å²) < 4.78 is 45.3. The van der Waals surface area contributed by atoms with Crippen molar-refractivity contribution < 1.29 is 17.9 Å². The fourth-order valence-corrected chi connectivity index (χ4v) is 2.54. The van der Waals surface area contributed by atoms with Crippen molar-refractivity contribution in [2.24, 2.45) is 5.84 Å². The highest BCUT2D eigenvalue weighted by atomic mass is 79.9. The molecule has 0 amide bonds. The van der Waals surface area contributed by atoms with Crippen LogP contribution in [-0.2, 0) is 0 Å². The van der Waals surface area contributed by atoms with E-state index in [4.69, 9.17) is 10.6 Å². The fraction of sp³-hybridized carbons (Fsp3) is 0.143. The molecule has 3 N–H and O–H groups in total. The summed E-state index contributed by atoms with van der Waals surface area (Å²) in [5.41, 5.74) is 3.26. The molecule has 0 bridgehead atoms. The Kier molecular flexibility index (Phi) is 4.87. The molecule has 7 heteroatoms. The smallest absolute Gasteiger partial charge is 0.173 e. The second kappa shape index (κ2) is 6.46. The van der Waals surface area contributed by atoms with E-state index < -0.39 is 23.5 Å². The highest BCUT2D eigenvalue weighted by Gasteiger charge is 2.21. The van der Waals surface area contributed by atoms with Gasteiger partial charge in [-0.2, -0.15) is 0 Å². The van der Waals surface area contributed by atoms with Gasteiger partial charge in [-0.25, -0.2) is 18.6 Å². The number of nitrogens with one attached hydrogen (secondary N) is 1. The number of hydrazine groups is 1. The van der Waals surface area contributed by atoms with Crippen molar-refractivity contribution in [3.63, 3.8) is 0 Å². The molecule has 1 unspecified atom stereocenters. The lowest BCUT2D eigenvalue weighted by Crippen LogP contribution is -2.29. The van der Waals surface area contributed by atoms with E-state index in [0.717, 1.165) is 6.07 Å². The minimum atomic E-state index is -1.03. The van der Waals surface area contributed by atoms with Gasteiger partial charge in [0.05, 0.1) is 17.6 Å². The Hall–Kier alpha value is -1.57. The van der Waals surface area contributed by atoms with Gasteiger partial charge < -0.3 is 4.74 Å². The Morgan fingerprint density at radius 3 is 2.43 bits per heavy atom. The van der Waals surface area contributed by atoms with Gasteiger partial charge in [0.1, 0.15) is 0 Å². The van der Waals surface area contributed by atoms with Crippen LogP contribution in [0, 0.1) is 17.5 Å². The quantitative estimate of drug-likeness (QED) is 0.498. The lowest BCUT2D eigenvalue weighted by Gasteiger charge is -2.19. The first-order chi connectivity index (χ1) is 9.99. The summed E-state index contributed by atoms with van der Waals surface area (Å²) >= 11 is 2.99. The van der Waals surface area contributed by atoms with Crippen molar-refractivity contribution in [1.29, 1.82) is 0 Å². The zero-order valence-corrected chi connectivity index (χ0v) is 12.5. The normalized spacial score (nSPS) is 12.3. The third kappa shape index (κ3) is 3.04. The van der Waals surface area contributed by atoms with Gasteiger partial charge in [-0.15, -0.1) is 0 Å². The molecule has 2 rings (SSSR count). The van der Waals surface area contributed by atoms with Gasteiger partial charge in [0, 0.05) is 0 Å². The Bertz CT molecular complexity index is 667. The molecule has 0 spiro atoms. The summed E-state index contributed by atoms with van der Waals surface area (Å²) in [4.78, 5) is 0. The topological polar surface area (TPSA) is 47.3 Å². The van der Waals surface area contributed by atoms with Crippen molar-refractivity contribution in [2.75, 3.05) is 7.11 Å². The standard InChI is InChI=1S/C14H12BrF3N2O/c1-21-11-5-2-7(6-10(11)17)14(20-19)8-3-4-9(16)13(18)12(8)15/h2-6,14,20H,19H2,1H3. The summed E-state index contributed by atoms with van der Waals surface area (Å²) in [6.07, 6.45) is 0. The van der Waals surface area contributed by atoms with Crippen LogP contribution in [0.4, 0.5) is 13.2 Å². The summed E-state index contributed by atoms with van der Waals surface area (Å²) in [5, 5.41) is 0. The van der Waals surface area contributed by atoms with Gasteiger partial charge in [-0.3, -0.25) is 5.84 Å². The number of hydrogen-bond donors (Lipinski definition) is 2. The number of ether oxygens (including phenoxy) is 1. The van der Waals surface area contributed by atoms with Crippen molar-refractivity contribution in [2.45, 2.75) is 6.04 Å². The van der Waals surface area contributed by atoms with E-state index in [1.165, 1.54) is 25.3 Å². The Labute approximate surface area is 128 Å². The molecule has 3 nitrogen and oxygen atoms in total. The van der Waals surface area contributed by atoms with Gasteiger partial charge in [0.15, 0.2) is 23.2 Å². The van der Waals surface area contributed by atoms with Crippen molar-refractivity contribution in [3.8, 4) is 5.75 Å². The first-order valence-electron chi connectivity index (χ1n) is 5.92. The molecule has 112 valence electrons. The van der Waals surface area contributed by atoms with E-state index in [2.05, 4.69) is 21.4 Å². The lowest BCUT2D eigenvalue weighted by atomic mass is 9.99. The SMILES string of the molecule is COc1ccc(C(NN)c2ccc(F)c(F)c2Br)cc1F. The molecule has 1 atom stereocenters. The highest BCUT2D eigenvalue weighted by molar-refractivity contribution is 9.10. The lowest BCUT2D eigenvalue weighted by molar-refractivity contribution is 0.385. The molecule has 0 aromatic heterocycles. The Morgan fingerprint density at radius 1 is 1.14 bits per heavy atom. The van der Waals surface area contributed by atoms with Crippen LogP contribution < -0.4 is 16.0 Å². The minimum Gasteiger partial charge on any atom is -0.494 e. The van der Waals surface area contributed by atoms with Crippen molar-refractivity contribution in [1.82, 2.24) is 5.43 Å². The second-order valence-electron chi connectivity index (χ2n) is 4.26. The number of rotatable bonds is 4. The molecule has 0 fully saturated rings. The first kappa shape index (κ1) is 15.8. The van der Waals surface area contributed by atoms with Crippen molar-refractivity contribution in [3.05, 3.63) is 63.4 Å². The maximum Gasteiger partial charge on any atom is 0.173 e. The molecule has 0 aliphatic carbocycles. The zero-order chi connectivity index (χ0) is 15.6. The Balaban J connectivity index is 2.50. The molecule has 0 saturated carbocycles. The van der Waals surface area contributed by atoms with E-state index in [9.17, 15) is 13.2 Å². The number of methoxy groups -OCH3 is 1. The molecule has 2 aromatic carbocycles. The third-order valence-corrected chi connectivity index (χ3v) is 3.86. The predicted octanol–water partition coefficient (Wildman–Crippen LogP) is 3.43. The zero-order valence-electron chi connectivity index (χ0n) is 11.0.